The van der Waals surface area contributed by atoms with Gasteiger partial charge in [0.05, 0.1) is 17.7 Å². The van der Waals surface area contributed by atoms with Crippen LogP contribution in [0.5, 0.6) is 5.75 Å². The van der Waals surface area contributed by atoms with E-state index in [-0.39, 0.29) is 35.4 Å². The zero-order valence-corrected chi connectivity index (χ0v) is 27.0. The number of carbonyl (C=O) groups is 2. The van der Waals surface area contributed by atoms with Gasteiger partial charge in [-0.1, -0.05) is 98.8 Å². The number of anilines is 1. The van der Waals surface area contributed by atoms with Crippen LogP contribution in [0.1, 0.15) is 30.5 Å². The van der Waals surface area contributed by atoms with Gasteiger partial charge in [-0.2, -0.15) is 0 Å². The highest BCUT2D eigenvalue weighted by Crippen LogP contribution is 2.32. The van der Waals surface area contributed by atoms with E-state index in [2.05, 4.69) is 5.32 Å². The lowest BCUT2D eigenvalue weighted by atomic mass is 10.0. The molecule has 0 aliphatic carbocycles. The average molecular weight is 628 g/mol. The summed E-state index contributed by atoms with van der Waals surface area (Å²) in [5, 5.41) is 3.01. The van der Waals surface area contributed by atoms with Crippen LogP contribution in [0, 0.1) is 12.8 Å². The second-order valence-electron chi connectivity index (χ2n) is 11.3. The van der Waals surface area contributed by atoms with Crippen molar-refractivity contribution in [1.82, 2.24) is 10.2 Å². The molecular weight excluding hydrogens is 586 g/mol. The molecule has 9 heteroatoms. The van der Waals surface area contributed by atoms with E-state index in [4.69, 9.17) is 4.74 Å². The van der Waals surface area contributed by atoms with E-state index in [1.807, 2.05) is 75.4 Å². The Balaban J connectivity index is 1.83. The lowest BCUT2D eigenvalue weighted by Crippen LogP contribution is -2.53. The average Bonchev–Trinajstić information content (AvgIpc) is 3.05. The Hall–Kier alpha value is -4.63. The molecule has 0 unspecified atom stereocenters. The topological polar surface area (TPSA) is 96.0 Å². The second-order valence-corrected chi connectivity index (χ2v) is 13.2. The van der Waals surface area contributed by atoms with Crippen LogP contribution < -0.4 is 14.4 Å². The monoisotopic (exact) mass is 627 g/mol. The third-order valence-electron chi connectivity index (χ3n) is 7.52. The zero-order chi connectivity index (χ0) is 32.4. The molecule has 0 heterocycles. The molecule has 0 aliphatic heterocycles. The molecule has 0 saturated heterocycles. The summed E-state index contributed by atoms with van der Waals surface area (Å²) in [5.74, 6) is -0.330. The molecule has 0 radical (unpaired) electrons. The number of benzene rings is 4. The van der Waals surface area contributed by atoms with Gasteiger partial charge in [0.2, 0.25) is 11.8 Å². The molecule has 4 aromatic carbocycles. The number of amides is 2. The van der Waals surface area contributed by atoms with E-state index < -0.39 is 28.5 Å². The maximum atomic E-state index is 14.6. The first kappa shape index (κ1) is 33.3. The van der Waals surface area contributed by atoms with Crippen molar-refractivity contribution in [1.29, 1.82) is 0 Å². The highest BCUT2D eigenvalue weighted by molar-refractivity contribution is 7.92. The van der Waals surface area contributed by atoms with Crippen LogP contribution in [0.25, 0.3) is 0 Å². The van der Waals surface area contributed by atoms with Crippen LogP contribution in [-0.4, -0.2) is 51.4 Å². The lowest BCUT2D eigenvalue weighted by Gasteiger charge is -2.34. The number of hydrogen-bond donors (Lipinski definition) is 1. The summed E-state index contributed by atoms with van der Waals surface area (Å²) in [7, 11) is -2.77. The van der Waals surface area contributed by atoms with Crippen molar-refractivity contribution in [3.63, 3.8) is 0 Å². The number of aryl methyl sites for hydroxylation is 1. The van der Waals surface area contributed by atoms with Crippen LogP contribution >= 0.6 is 0 Å². The van der Waals surface area contributed by atoms with Crippen molar-refractivity contribution in [3.8, 4) is 5.75 Å². The number of carbonyl (C=O) groups excluding carboxylic acids is 2. The molecule has 4 aromatic rings. The van der Waals surface area contributed by atoms with Gasteiger partial charge >= 0.3 is 0 Å². The molecule has 0 fully saturated rings. The van der Waals surface area contributed by atoms with Gasteiger partial charge in [0, 0.05) is 19.5 Å². The van der Waals surface area contributed by atoms with Crippen molar-refractivity contribution in [2.24, 2.45) is 5.92 Å². The van der Waals surface area contributed by atoms with Crippen LogP contribution in [-0.2, 0) is 32.6 Å². The summed E-state index contributed by atoms with van der Waals surface area (Å²) >= 11 is 0. The summed E-state index contributed by atoms with van der Waals surface area (Å²) in [6, 6.07) is 30.9. The molecule has 236 valence electrons. The molecule has 1 atom stereocenters. The lowest BCUT2D eigenvalue weighted by molar-refractivity contribution is -0.140. The molecule has 1 N–H and O–H groups in total. The Morgan fingerprint density at radius 1 is 0.822 bits per heavy atom. The molecule has 4 rings (SSSR count). The fraction of sp³-hybridized carbons (Fsp3) is 0.278. The first-order valence-electron chi connectivity index (χ1n) is 15.0. The second kappa shape index (κ2) is 15.4. The smallest absolute Gasteiger partial charge is 0.264 e. The van der Waals surface area contributed by atoms with Crippen molar-refractivity contribution < 1.29 is 22.7 Å². The molecule has 0 saturated carbocycles. The SMILES string of the molecule is COc1ccccc1N(CC(=O)N(Cc1ccccc1C)[C@@H](Cc1ccccc1)C(=O)NCC(C)C)S(=O)(=O)c1ccccc1. The predicted molar refractivity (Wildman–Crippen MR) is 177 cm³/mol. The zero-order valence-electron chi connectivity index (χ0n) is 26.2. The van der Waals surface area contributed by atoms with Gasteiger partial charge in [-0.25, -0.2) is 8.42 Å². The minimum absolute atomic E-state index is 0.0321. The van der Waals surface area contributed by atoms with E-state index in [0.717, 1.165) is 21.0 Å². The van der Waals surface area contributed by atoms with Crippen molar-refractivity contribution in [3.05, 3.63) is 126 Å². The minimum atomic E-state index is -4.22. The Morgan fingerprint density at radius 2 is 1.42 bits per heavy atom. The summed E-state index contributed by atoms with van der Waals surface area (Å²) in [6.45, 7) is 5.95. The third-order valence-corrected chi connectivity index (χ3v) is 9.30. The minimum Gasteiger partial charge on any atom is -0.495 e. The number of rotatable bonds is 14. The van der Waals surface area contributed by atoms with Crippen LogP contribution in [0.3, 0.4) is 0 Å². The quantitative estimate of drug-likeness (QED) is 0.196. The standard InChI is InChI=1S/C36H41N3O5S/c1-27(2)24-37-36(41)33(23-29-16-7-5-8-17-29)38(25-30-18-12-11-15-28(30)3)35(40)26-39(32-21-13-14-22-34(32)44-4)45(42,43)31-19-9-6-10-20-31/h5-22,27,33H,23-26H2,1-4H3,(H,37,41)/t33-/m0/s1. The number of nitrogens with one attached hydrogen (secondary N) is 1. The fourth-order valence-corrected chi connectivity index (χ4v) is 6.46. The van der Waals surface area contributed by atoms with Crippen LogP contribution in [0.2, 0.25) is 0 Å². The summed E-state index contributed by atoms with van der Waals surface area (Å²) < 4.78 is 34.9. The molecule has 0 aromatic heterocycles. The maximum absolute atomic E-state index is 14.6. The number of hydrogen-bond acceptors (Lipinski definition) is 5. The molecule has 0 spiro atoms. The van der Waals surface area contributed by atoms with Crippen molar-refractivity contribution in [2.45, 2.75) is 44.7 Å². The summed E-state index contributed by atoms with van der Waals surface area (Å²) in [5.41, 5.74) is 2.91. The highest BCUT2D eigenvalue weighted by atomic mass is 32.2. The number of para-hydroxylation sites is 2. The summed E-state index contributed by atoms with van der Waals surface area (Å²) in [4.78, 5) is 30.0. The van der Waals surface area contributed by atoms with Crippen molar-refractivity contribution in [2.75, 3.05) is 24.5 Å². The van der Waals surface area contributed by atoms with E-state index in [0.29, 0.717) is 12.3 Å². The molecule has 2 amide bonds. The first-order chi connectivity index (χ1) is 21.6. The molecular formula is C36H41N3O5S. The van der Waals surface area contributed by atoms with Gasteiger partial charge in [-0.3, -0.25) is 13.9 Å². The van der Waals surface area contributed by atoms with E-state index in [9.17, 15) is 18.0 Å². The van der Waals surface area contributed by atoms with Gasteiger partial charge < -0.3 is 15.0 Å². The number of ether oxygens (including phenoxy) is 1. The molecule has 0 bridgehead atoms. The van der Waals surface area contributed by atoms with E-state index in [1.54, 1.807) is 42.5 Å². The van der Waals surface area contributed by atoms with Crippen LogP contribution in [0.15, 0.2) is 114 Å². The Morgan fingerprint density at radius 3 is 2.07 bits per heavy atom. The highest BCUT2D eigenvalue weighted by Gasteiger charge is 2.35. The Bertz CT molecular complexity index is 1680. The largest absolute Gasteiger partial charge is 0.495 e. The van der Waals surface area contributed by atoms with Gasteiger partial charge in [0.15, 0.2) is 0 Å². The number of sulfonamides is 1. The van der Waals surface area contributed by atoms with Crippen molar-refractivity contribution >= 4 is 27.5 Å². The van der Waals surface area contributed by atoms with E-state index >= 15 is 0 Å². The Kier molecular flexibility index (Phi) is 11.4. The fourth-order valence-electron chi connectivity index (χ4n) is 5.02. The van der Waals surface area contributed by atoms with Crippen LogP contribution in [0.4, 0.5) is 5.69 Å². The normalized spacial score (nSPS) is 11.9. The first-order valence-corrected chi connectivity index (χ1v) is 16.4. The van der Waals surface area contributed by atoms with Gasteiger partial charge in [0.25, 0.3) is 10.0 Å². The van der Waals surface area contributed by atoms with Gasteiger partial charge in [-0.05, 0) is 53.8 Å². The molecule has 8 nitrogen and oxygen atoms in total. The Labute approximate surface area is 266 Å². The summed E-state index contributed by atoms with van der Waals surface area (Å²) in [6.07, 6.45) is 0.252. The number of methoxy groups -OCH3 is 1. The van der Waals surface area contributed by atoms with Gasteiger partial charge in [0.1, 0.15) is 18.3 Å². The molecule has 45 heavy (non-hydrogen) atoms. The maximum Gasteiger partial charge on any atom is 0.264 e. The third kappa shape index (κ3) is 8.51. The molecule has 0 aliphatic rings. The van der Waals surface area contributed by atoms with Gasteiger partial charge in [-0.15, -0.1) is 0 Å². The number of nitrogens with zero attached hydrogens (tertiary/aromatic N) is 2. The predicted octanol–water partition coefficient (Wildman–Crippen LogP) is 5.61. The van der Waals surface area contributed by atoms with E-state index in [1.165, 1.54) is 24.1 Å².